The molecule has 0 aliphatic rings. The highest BCUT2D eigenvalue weighted by atomic mass is 79.9. The summed E-state index contributed by atoms with van der Waals surface area (Å²) in [7, 11) is 0. The molecule has 114 valence electrons. The summed E-state index contributed by atoms with van der Waals surface area (Å²) in [6.07, 6.45) is 0. The van der Waals surface area contributed by atoms with Gasteiger partial charge in [0.1, 0.15) is 5.82 Å². The molecule has 0 unspecified atom stereocenters. The van der Waals surface area contributed by atoms with E-state index in [2.05, 4.69) is 26.8 Å². The van der Waals surface area contributed by atoms with Crippen molar-refractivity contribution in [1.82, 2.24) is 10.9 Å². The van der Waals surface area contributed by atoms with Crippen LogP contribution in [-0.2, 0) is 4.79 Å². The van der Waals surface area contributed by atoms with Crippen LogP contribution in [0.3, 0.4) is 0 Å². The zero-order chi connectivity index (χ0) is 15.9. The number of nitrogens with one attached hydrogen (secondary N) is 2. The number of carbonyl (C=O) groups excluding carboxylic acids is 2. The zero-order valence-corrected chi connectivity index (χ0v) is 13.7. The lowest BCUT2D eigenvalue weighted by molar-refractivity contribution is -0.119. The molecule has 22 heavy (non-hydrogen) atoms. The van der Waals surface area contributed by atoms with Gasteiger partial charge < -0.3 is 0 Å². The Morgan fingerprint density at radius 3 is 2.27 bits per heavy atom. The smallest absolute Gasteiger partial charge is 0.269 e. The second kappa shape index (κ2) is 7.95. The molecule has 2 N–H and O–H groups in total. The maximum atomic E-state index is 12.7. The zero-order valence-electron chi connectivity index (χ0n) is 11.3. The number of carbonyl (C=O) groups is 2. The molecule has 0 saturated heterocycles. The third kappa shape index (κ3) is 5.16. The number of hydrogen-bond acceptors (Lipinski definition) is 3. The molecule has 4 nitrogen and oxygen atoms in total. The van der Waals surface area contributed by atoms with E-state index in [0.717, 1.165) is 9.37 Å². The standard InChI is InChI=1S/C15H12BrFN2O2S/c16-11-3-7-13(8-4-11)22-9-14(20)18-19-15(21)10-1-5-12(17)6-2-10/h1-8H,9H2,(H,18,20)(H,19,21). The van der Waals surface area contributed by atoms with Gasteiger partial charge >= 0.3 is 0 Å². The molecule has 7 heteroatoms. The van der Waals surface area contributed by atoms with Crippen molar-refractivity contribution in [2.75, 3.05) is 5.75 Å². The number of hydrogen-bond donors (Lipinski definition) is 2. The van der Waals surface area contributed by atoms with Crippen molar-refractivity contribution in [2.24, 2.45) is 0 Å². The van der Waals surface area contributed by atoms with Crippen LogP contribution in [0.1, 0.15) is 10.4 Å². The van der Waals surface area contributed by atoms with Crippen LogP contribution < -0.4 is 10.9 Å². The molecular weight excluding hydrogens is 371 g/mol. The van der Waals surface area contributed by atoms with E-state index >= 15 is 0 Å². The summed E-state index contributed by atoms with van der Waals surface area (Å²) in [6, 6.07) is 12.6. The molecule has 0 saturated carbocycles. The fourth-order valence-corrected chi connectivity index (χ4v) is 2.48. The molecule has 2 aromatic carbocycles. The minimum Gasteiger partial charge on any atom is -0.272 e. The quantitative estimate of drug-likeness (QED) is 0.630. The van der Waals surface area contributed by atoms with Gasteiger partial charge in [-0.25, -0.2) is 4.39 Å². The molecule has 0 spiro atoms. The van der Waals surface area contributed by atoms with Gasteiger partial charge in [-0.2, -0.15) is 0 Å². The first-order chi connectivity index (χ1) is 10.5. The monoisotopic (exact) mass is 382 g/mol. The first-order valence-corrected chi connectivity index (χ1v) is 8.05. The van der Waals surface area contributed by atoms with Gasteiger partial charge in [-0.15, -0.1) is 11.8 Å². The largest absolute Gasteiger partial charge is 0.272 e. The minimum absolute atomic E-state index is 0.172. The number of benzene rings is 2. The van der Waals surface area contributed by atoms with E-state index < -0.39 is 11.7 Å². The Morgan fingerprint density at radius 2 is 1.64 bits per heavy atom. The number of halogens is 2. The van der Waals surface area contributed by atoms with Crippen LogP contribution in [0, 0.1) is 5.82 Å². The first kappa shape index (κ1) is 16.5. The van der Waals surface area contributed by atoms with E-state index in [-0.39, 0.29) is 17.2 Å². The topological polar surface area (TPSA) is 58.2 Å². The summed E-state index contributed by atoms with van der Waals surface area (Å²) in [5.74, 6) is -1.08. The van der Waals surface area contributed by atoms with E-state index in [1.54, 1.807) is 0 Å². The van der Waals surface area contributed by atoms with Gasteiger partial charge in [-0.3, -0.25) is 20.4 Å². The summed E-state index contributed by atoms with van der Waals surface area (Å²) < 4.78 is 13.7. The normalized spacial score (nSPS) is 10.1. The van der Waals surface area contributed by atoms with Gasteiger partial charge in [0, 0.05) is 14.9 Å². The maximum Gasteiger partial charge on any atom is 0.269 e. The predicted molar refractivity (Wildman–Crippen MR) is 86.9 cm³/mol. The molecule has 0 radical (unpaired) electrons. The van der Waals surface area contributed by atoms with E-state index in [9.17, 15) is 14.0 Å². The average Bonchev–Trinajstić information content (AvgIpc) is 2.52. The van der Waals surface area contributed by atoms with E-state index in [0.29, 0.717) is 0 Å². The number of thioether (sulfide) groups is 1. The molecule has 0 aliphatic carbocycles. The minimum atomic E-state index is -0.498. The van der Waals surface area contributed by atoms with Crippen molar-refractivity contribution in [1.29, 1.82) is 0 Å². The van der Waals surface area contributed by atoms with Gasteiger partial charge in [-0.05, 0) is 48.5 Å². The molecule has 0 aromatic heterocycles. The summed E-state index contributed by atoms with van der Waals surface area (Å²) >= 11 is 4.69. The lowest BCUT2D eigenvalue weighted by Gasteiger charge is -2.07. The summed E-state index contributed by atoms with van der Waals surface area (Å²) in [5.41, 5.74) is 4.86. The lowest BCUT2D eigenvalue weighted by Crippen LogP contribution is -2.42. The molecule has 2 amide bonds. The van der Waals surface area contributed by atoms with Crippen LogP contribution in [0.25, 0.3) is 0 Å². The van der Waals surface area contributed by atoms with Crippen LogP contribution in [-0.4, -0.2) is 17.6 Å². The molecule has 0 heterocycles. The first-order valence-electron chi connectivity index (χ1n) is 6.28. The molecule has 0 fully saturated rings. The highest BCUT2D eigenvalue weighted by Gasteiger charge is 2.07. The third-order valence-electron chi connectivity index (χ3n) is 2.61. The van der Waals surface area contributed by atoms with Crippen molar-refractivity contribution in [3.8, 4) is 0 Å². The summed E-state index contributed by atoms with van der Waals surface area (Å²) in [4.78, 5) is 24.3. The van der Waals surface area contributed by atoms with Gasteiger partial charge in [0.05, 0.1) is 5.75 Å². The number of amides is 2. The van der Waals surface area contributed by atoms with Crippen molar-refractivity contribution < 1.29 is 14.0 Å². The highest BCUT2D eigenvalue weighted by molar-refractivity contribution is 9.10. The van der Waals surface area contributed by atoms with E-state index in [1.165, 1.54) is 36.0 Å². The molecule has 2 rings (SSSR count). The Hall–Kier alpha value is -1.86. The van der Waals surface area contributed by atoms with E-state index in [4.69, 9.17) is 0 Å². The van der Waals surface area contributed by atoms with Gasteiger partial charge in [0.15, 0.2) is 0 Å². The van der Waals surface area contributed by atoms with Crippen molar-refractivity contribution in [3.63, 3.8) is 0 Å². The lowest BCUT2D eigenvalue weighted by atomic mass is 10.2. The Kier molecular flexibility index (Phi) is 5.97. The van der Waals surface area contributed by atoms with Gasteiger partial charge in [-0.1, -0.05) is 15.9 Å². The average molecular weight is 383 g/mol. The Bertz CT molecular complexity index is 662. The second-order valence-electron chi connectivity index (χ2n) is 4.25. The van der Waals surface area contributed by atoms with Crippen LogP contribution in [0.5, 0.6) is 0 Å². The third-order valence-corrected chi connectivity index (χ3v) is 4.15. The Labute approximate surface area is 139 Å². The molecule has 0 atom stereocenters. The fourth-order valence-electron chi connectivity index (χ4n) is 1.52. The van der Waals surface area contributed by atoms with E-state index in [1.807, 2.05) is 24.3 Å². The Balaban J connectivity index is 1.76. The van der Waals surface area contributed by atoms with Crippen molar-refractivity contribution in [3.05, 3.63) is 64.4 Å². The second-order valence-corrected chi connectivity index (χ2v) is 6.22. The van der Waals surface area contributed by atoms with Crippen molar-refractivity contribution in [2.45, 2.75) is 4.90 Å². The fraction of sp³-hybridized carbons (Fsp3) is 0.0667. The van der Waals surface area contributed by atoms with Crippen molar-refractivity contribution >= 4 is 39.5 Å². The molecule has 0 bridgehead atoms. The van der Waals surface area contributed by atoms with Gasteiger partial charge in [0.25, 0.3) is 5.91 Å². The Morgan fingerprint density at radius 1 is 1.00 bits per heavy atom. The highest BCUT2D eigenvalue weighted by Crippen LogP contribution is 2.20. The predicted octanol–water partition coefficient (Wildman–Crippen LogP) is 3.14. The summed E-state index contributed by atoms with van der Waals surface area (Å²) in [5, 5.41) is 0. The number of hydrazine groups is 1. The van der Waals surface area contributed by atoms with Gasteiger partial charge in [0.2, 0.25) is 5.91 Å². The molecule has 0 aliphatic heterocycles. The number of rotatable bonds is 4. The van der Waals surface area contributed by atoms with Crippen LogP contribution in [0.15, 0.2) is 57.9 Å². The maximum absolute atomic E-state index is 12.7. The molecular formula is C15H12BrFN2O2S. The van der Waals surface area contributed by atoms with Crippen LogP contribution in [0.2, 0.25) is 0 Å². The van der Waals surface area contributed by atoms with Crippen LogP contribution >= 0.6 is 27.7 Å². The van der Waals surface area contributed by atoms with Crippen LogP contribution in [0.4, 0.5) is 4.39 Å². The SMILES string of the molecule is O=C(CSc1ccc(Br)cc1)NNC(=O)c1ccc(F)cc1. The molecule has 2 aromatic rings. The summed E-state index contributed by atoms with van der Waals surface area (Å²) in [6.45, 7) is 0.